The molecule has 0 aliphatic carbocycles. The summed E-state index contributed by atoms with van der Waals surface area (Å²) in [6.45, 7) is 7.42. The average Bonchev–Trinajstić information content (AvgIpc) is 2.81. The molecular formula is C24H31N3O6. The minimum Gasteiger partial charge on any atom is -0.490 e. The van der Waals surface area contributed by atoms with E-state index >= 15 is 0 Å². The van der Waals surface area contributed by atoms with Gasteiger partial charge >= 0.3 is 5.69 Å². The normalized spacial score (nSPS) is 12.4. The molecule has 0 radical (unpaired) electrons. The first kappa shape index (κ1) is 25.6. The third-order valence-corrected chi connectivity index (χ3v) is 5.35. The lowest BCUT2D eigenvalue weighted by Gasteiger charge is -2.29. The highest BCUT2D eigenvalue weighted by Crippen LogP contribution is 2.30. The Hall–Kier alpha value is -3.62. The quantitative estimate of drug-likeness (QED) is 0.408. The van der Waals surface area contributed by atoms with Gasteiger partial charge in [-0.2, -0.15) is 0 Å². The van der Waals surface area contributed by atoms with Gasteiger partial charge in [-0.25, -0.2) is 0 Å². The second-order valence-electron chi connectivity index (χ2n) is 7.88. The Morgan fingerprint density at radius 2 is 1.82 bits per heavy atom. The zero-order chi connectivity index (χ0) is 24.5. The van der Waals surface area contributed by atoms with E-state index in [0.717, 1.165) is 17.5 Å². The molecule has 0 aliphatic heterocycles. The van der Waals surface area contributed by atoms with Crippen LogP contribution in [0.2, 0.25) is 0 Å². The molecule has 0 saturated carbocycles. The molecule has 33 heavy (non-hydrogen) atoms. The summed E-state index contributed by atoms with van der Waals surface area (Å²) in [7, 11) is 1.32. The van der Waals surface area contributed by atoms with Gasteiger partial charge in [0.1, 0.15) is 11.8 Å². The molecule has 0 aromatic heterocycles. The Balaban J connectivity index is 2.19. The van der Waals surface area contributed by atoms with Crippen LogP contribution in [0.3, 0.4) is 0 Å². The lowest BCUT2D eigenvalue weighted by molar-refractivity contribution is -0.385. The number of ether oxygens (including phenoxy) is 2. The Morgan fingerprint density at radius 3 is 2.39 bits per heavy atom. The zero-order valence-electron chi connectivity index (χ0n) is 19.7. The largest absolute Gasteiger partial charge is 0.490 e. The number of carbonyl (C=O) groups is 2. The highest BCUT2D eigenvalue weighted by molar-refractivity contribution is 5.88. The van der Waals surface area contributed by atoms with Gasteiger partial charge in [-0.1, -0.05) is 36.8 Å². The van der Waals surface area contributed by atoms with E-state index in [4.69, 9.17) is 9.47 Å². The van der Waals surface area contributed by atoms with E-state index in [0.29, 0.717) is 0 Å². The van der Waals surface area contributed by atoms with Crippen LogP contribution in [0.5, 0.6) is 11.5 Å². The standard InChI is InChI=1S/C24H31N3O6/c1-6-17(3)25-24(29)18(4)26(14-19-9-7-16(2)8-10-19)23(28)15-33-20-11-12-21(27(30)31)22(13-20)32-5/h7-13,17-18H,6,14-15H2,1-5H3,(H,25,29). The van der Waals surface area contributed by atoms with Gasteiger partial charge in [-0.15, -0.1) is 0 Å². The number of benzene rings is 2. The van der Waals surface area contributed by atoms with Gasteiger partial charge in [0.2, 0.25) is 11.7 Å². The van der Waals surface area contributed by atoms with Crippen molar-refractivity contribution in [3.63, 3.8) is 0 Å². The summed E-state index contributed by atoms with van der Waals surface area (Å²) in [4.78, 5) is 37.8. The monoisotopic (exact) mass is 457 g/mol. The first-order valence-corrected chi connectivity index (χ1v) is 10.8. The van der Waals surface area contributed by atoms with Gasteiger partial charge in [0.15, 0.2) is 6.61 Å². The van der Waals surface area contributed by atoms with Gasteiger partial charge in [-0.3, -0.25) is 19.7 Å². The highest BCUT2D eigenvalue weighted by Gasteiger charge is 2.27. The van der Waals surface area contributed by atoms with Crippen LogP contribution in [0.1, 0.15) is 38.3 Å². The number of rotatable bonds is 11. The molecule has 0 heterocycles. The van der Waals surface area contributed by atoms with Gasteiger partial charge in [-0.05, 0) is 38.8 Å². The maximum atomic E-state index is 13.1. The van der Waals surface area contributed by atoms with E-state index in [9.17, 15) is 19.7 Å². The fourth-order valence-electron chi connectivity index (χ4n) is 3.06. The van der Waals surface area contributed by atoms with Crippen molar-refractivity contribution in [3.05, 3.63) is 63.7 Å². The Morgan fingerprint density at radius 1 is 1.15 bits per heavy atom. The number of aryl methyl sites for hydroxylation is 1. The van der Waals surface area contributed by atoms with E-state index < -0.39 is 11.0 Å². The summed E-state index contributed by atoms with van der Waals surface area (Å²) in [5.74, 6) is -0.359. The Labute approximate surface area is 193 Å². The van der Waals surface area contributed by atoms with Gasteiger partial charge in [0, 0.05) is 24.7 Å². The molecule has 2 aromatic carbocycles. The van der Waals surface area contributed by atoms with E-state index in [1.54, 1.807) is 6.92 Å². The molecule has 0 saturated heterocycles. The molecule has 2 aromatic rings. The second-order valence-corrected chi connectivity index (χ2v) is 7.88. The van der Waals surface area contributed by atoms with Gasteiger partial charge in [0.05, 0.1) is 12.0 Å². The predicted molar refractivity (Wildman–Crippen MR) is 124 cm³/mol. The van der Waals surface area contributed by atoms with Crippen molar-refractivity contribution in [2.75, 3.05) is 13.7 Å². The predicted octanol–water partition coefficient (Wildman–Crippen LogP) is 3.62. The number of hydrogen-bond acceptors (Lipinski definition) is 6. The van der Waals surface area contributed by atoms with Crippen LogP contribution in [0, 0.1) is 17.0 Å². The van der Waals surface area contributed by atoms with Crippen molar-refractivity contribution in [1.29, 1.82) is 0 Å². The summed E-state index contributed by atoms with van der Waals surface area (Å²) in [5, 5.41) is 14.0. The van der Waals surface area contributed by atoms with Crippen molar-refractivity contribution in [1.82, 2.24) is 10.2 Å². The first-order chi connectivity index (χ1) is 15.7. The molecule has 1 N–H and O–H groups in total. The van der Waals surface area contributed by atoms with Crippen molar-refractivity contribution < 1.29 is 24.0 Å². The molecule has 9 heteroatoms. The summed E-state index contributed by atoms with van der Waals surface area (Å²) >= 11 is 0. The zero-order valence-corrected chi connectivity index (χ0v) is 19.7. The van der Waals surface area contributed by atoms with Crippen molar-refractivity contribution in [2.45, 2.75) is 52.7 Å². The number of nitro groups is 1. The molecule has 0 spiro atoms. The first-order valence-electron chi connectivity index (χ1n) is 10.8. The number of nitrogens with one attached hydrogen (secondary N) is 1. The molecule has 0 aliphatic rings. The minimum atomic E-state index is -0.720. The van der Waals surface area contributed by atoms with Crippen LogP contribution < -0.4 is 14.8 Å². The summed E-state index contributed by atoms with van der Waals surface area (Å²) in [6, 6.07) is 11.0. The Kier molecular flexibility index (Phi) is 9.20. The van der Waals surface area contributed by atoms with Crippen molar-refractivity contribution in [3.8, 4) is 11.5 Å². The smallest absolute Gasteiger partial charge is 0.311 e. The van der Waals surface area contributed by atoms with Gasteiger partial charge in [0.25, 0.3) is 5.91 Å². The van der Waals surface area contributed by atoms with Crippen LogP contribution >= 0.6 is 0 Å². The highest BCUT2D eigenvalue weighted by atomic mass is 16.6. The molecule has 0 bridgehead atoms. The lowest BCUT2D eigenvalue weighted by atomic mass is 10.1. The molecule has 0 fully saturated rings. The molecule has 178 valence electrons. The topological polar surface area (TPSA) is 111 Å². The van der Waals surface area contributed by atoms with Crippen LogP contribution in [0.4, 0.5) is 5.69 Å². The molecule has 9 nitrogen and oxygen atoms in total. The second kappa shape index (κ2) is 11.8. The Bertz CT molecular complexity index is 977. The molecule has 2 amide bonds. The third-order valence-electron chi connectivity index (χ3n) is 5.35. The summed E-state index contributed by atoms with van der Waals surface area (Å²) in [6.07, 6.45) is 0.773. The number of nitrogens with zero attached hydrogens (tertiary/aromatic N) is 2. The SMILES string of the molecule is CCC(C)NC(=O)C(C)N(Cc1ccc(C)cc1)C(=O)COc1ccc([N+](=O)[O-])c(OC)c1. The summed E-state index contributed by atoms with van der Waals surface area (Å²) in [5.41, 5.74) is 1.77. The van der Waals surface area contributed by atoms with Crippen LogP contribution in [-0.2, 0) is 16.1 Å². The van der Waals surface area contributed by atoms with Crippen molar-refractivity contribution >= 4 is 17.5 Å². The number of hydrogen-bond donors (Lipinski definition) is 1. The van der Waals surface area contributed by atoms with E-state index in [1.165, 1.54) is 30.2 Å². The average molecular weight is 458 g/mol. The van der Waals surface area contributed by atoms with E-state index in [-0.39, 0.29) is 48.2 Å². The fourth-order valence-corrected chi connectivity index (χ4v) is 3.06. The van der Waals surface area contributed by atoms with E-state index in [1.807, 2.05) is 45.0 Å². The number of nitro benzene ring substituents is 1. The number of methoxy groups -OCH3 is 1. The van der Waals surface area contributed by atoms with Crippen LogP contribution in [0.15, 0.2) is 42.5 Å². The molecule has 2 rings (SSSR count). The molecule has 2 atom stereocenters. The maximum Gasteiger partial charge on any atom is 0.311 e. The summed E-state index contributed by atoms with van der Waals surface area (Å²) < 4.78 is 10.6. The lowest BCUT2D eigenvalue weighted by Crippen LogP contribution is -2.50. The van der Waals surface area contributed by atoms with Gasteiger partial charge < -0.3 is 19.7 Å². The molecular weight excluding hydrogens is 426 g/mol. The number of amides is 2. The number of carbonyl (C=O) groups excluding carboxylic acids is 2. The fraction of sp³-hybridized carbons (Fsp3) is 0.417. The van der Waals surface area contributed by atoms with Crippen molar-refractivity contribution in [2.24, 2.45) is 0 Å². The molecule has 2 unspecified atom stereocenters. The van der Waals surface area contributed by atoms with Crippen LogP contribution in [-0.4, -0.2) is 47.4 Å². The van der Waals surface area contributed by atoms with Crippen LogP contribution in [0.25, 0.3) is 0 Å². The van der Waals surface area contributed by atoms with E-state index in [2.05, 4.69) is 5.32 Å². The minimum absolute atomic E-state index is 0.0138. The third kappa shape index (κ3) is 7.20. The maximum absolute atomic E-state index is 13.1.